The summed E-state index contributed by atoms with van der Waals surface area (Å²) in [5, 5.41) is 0. The van der Waals surface area contributed by atoms with Crippen molar-refractivity contribution in [1.29, 1.82) is 0 Å². The second-order valence-corrected chi connectivity index (χ2v) is 16.4. The second kappa shape index (κ2) is 18.7. The summed E-state index contributed by atoms with van der Waals surface area (Å²) in [7, 11) is -2.59. The number of rotatable bonds is 15. The molecule has 2 saturated heterocycles. The van der Waals surface area contributed by atoms with Gasteiger partial charge >= 0.3 is 12.1 Å². The van der Waals surface area contributed by atoms with Crippen molar-refractivity contribution in [3.05, 3.63) is 59.7 Å². The summed E-state index contributed by atoms with van der Waals surface area (Å²) >= 11 is 0. The van der Waals surface area contributed by atoms with Crippen LogP contribution in [0.15, 0.2) is 53.4 Å². The molecule has 0 bridgehead atoms. The third-order valence-corrected chi connectivity index (χ3v) is 10.9. The van der Waals surface area contributed by atoms with E-state index in [1.165, 1.54) is 19.2 Å². The minimum atomic E-state index is -3.90. The highest BCUT2D eigenvalue weighted by atomic mass is 32.2. The molecule has 2 aromatic rings. The van der Waals surface area contributed by atoms with Crippen molar-refractivity contribution in [1.82, 2.24) is 9.80 Å². The van der Waals surface area contributed by atoms with Gasteiger partial charge in [-0.1, -0.05) is 29.8 Å². The van der Waals surface area contributed by atoms with Gasteiger partial charge in [0.15, 0.2) is 0 Å². The maximum Gasteiger partial charge on any atom is 0.410 e. The van der Waals surface area contributed by atoms with Gasteiger partial charge < -0.3 is 24.0 Å². The van der Waals surface area contributed by atoms with E-state index in [1.54, 1.807) is 46.2 Å². The van der Waals surface area contributed by atoms with Gasteiger partial charge in [-0.05, 0) is 95.5 Å². The number of hydrogen-bond donors (Lipinski definition) is 0. The van der Waals surface area contributed by atoms with Crippen molar-refractivity contribution >= 4 is 33.9 Å². The first-order valence-electron chi connectivity index (χ1n) is 18.2. The van der Waals surface area contributed by atoms with E-state index in [4.69, 9.17) is 18.4 Å². The van der Waals surface area contributed by atoms with Crippen LogP contribution in [0.2, 0.25) is 0 Å². The van der Waals surface area contributed by atoms with Crippen molar-refractivity contribution in [2.24, 2.45) is 11.8 Å². The molecule has 2 fully saturated rings. The number of aryl methyl sites for hydroxylation is 1. The van der Waals surface area contributed by atoms with Crippen LogP contribution < -0.4 is 4.74 Å². The first kappa shape index (κ1) is 40.8. The summed E-state index contributed by atoms with van der Waals surface area (Å²) in [6.07, 6.45) is 4.09. The molecule has 286 valence electrons. The summed E-state index contributed by atoms with van der Waals surface area (Å²) in [6.45, 7) is 9.48. The number of likely N-dealkylation sites (tertiary alicyclic amines) is 2. The molecule has 0 spiro atoms. The maximum atomic E-state index is 13.6. The molecule has 0 N–H and O–H groups in total. The fraction of sp³-hybridized carbons (Fsp3) is 0.590. The molecule has 2 amide bonds. The molecule has 0 radical (unpaired) electrons. The molecule has 0 saturated carbocycles. The van der Waals surface area contributed by atoms with Crippen molar-refractivity contribution in [3.63, 3.8) is 0 Å². The molecule has 2 aliphatic rings. The molecular weight excluding hydrogens is 689 g/mol. The summed E-state index contributed by atoms with van der Waals surface area (Å²) < 4.78 is 46.0. The molecular formula is C39H54N2O10S. The molecule has 52 heavy (non-hydrogen) atoms. The lowest BCUT2D eigenvalue weighted by Crippen LogP contribution is -2.43. The molecule has 13 heteroatoms. The average molecular weight is 743 g/mol. The van der Waals surface area contributed by atoms with Crippen LogP contribution >= 0.6 is 0 Å². The van der Waals surface area contributed by atoms with Crippen molar-refractivity contribution in [2.75, 3.05) is 46.5 Å². The lowest BCUT2D eigenvalue weighted by Gasteiger charge is -2.35. The molecule has 0 aliphatic carbocycles. The lowest BCUT2D eigenvalue weighted by atomic mass is 9.84. The molecule has 0 aromatic heterocycles. The monoisotopic (exact) mass is 742 g/mol. The molecule has 1 unspecified atom stereocenters. The zero-order valence-electron chi connectivity index (χ0n) is 31.1. The Balaban J connectivity index is 1.24. The largest absolute Gasteiger partial charge is 0.491 e. The van der Waals surface area contributed by atoms with E-state index in [1.807, 2.05) is 27.7 Å². The average Bonchev–Trinajstić information content (AvgIpc) is 3.12. The standard InChI is InChI=1S/C39H54N2O10S/c1-28-8-15-34(16-9-28)52(46,47)50-24-23-49-33-13-11-30(12-14-33)32(26-37(44)48-5)25-35(42)31-7-6-20-41(27-31)36(43)17-10-29-18-21-40(22-19-29)38(45)51-39(2,3)4/h8-9,11-16,29,31-32H,6-7,10,17-27H2,1-5H3/t31-,32?/m1/s1. The molecule has 12 nitrogen and oxygen atoms in total. The summed E-state index contributed by atoms with van der Waals surface area (Å²) in [4.78, 5) is 55.2. The van der Waals surface area contributed by atoms with Crippen LogP contribution in [0.4, 0.5) is 4.79 Å². The SMILES string of the molecule is COC(=O)CC(CC(=O)[C@@H]1CCCN(C(=O)CCC2CCN(C(=O)OC(C)(C)C)CC2)C1)c1ccc(OCCOS(=O)(=O)c2ccc(C)cc2)cc1. The van der Waals surface area contributed by atoms with Crippen LogP contribution in [0.3, 0.4) is 0 Å². The fourth-order valence-corrected chi connectivity index (χ4v) is 7.49. The Bertz CT molecular complexity index is 1610. The highest BCUT2D eigenvalue weighted by Gasteiger charge is 2.32. The zero-order valence-corrected chi connectivity index (χ0v) is 32.0. The number of hydrogen-bond acceptors (Lipinski definition) is 10. The smallest absolute Gasteiger partial charge is 0.410 e. The van der Waals surface area contributed by atoms with Gasteiger partial charge in [-0.3, -0.25) is 18.6 Å². The number of piperidine rings is 2. The Labute approximate surface area is 308 Å². The minimum Gasteiger partial charge on any atom is -0.491 e. The highest BCUT2D eigenvalue weighted by Crippen LogP contribution is 2.31. The number of ketones is 1. The molecule has 2 atom stereocenters. The first-order chi connectivity index (χ1) is 24.6. The van der Waals surface area contributed by atoms with Crippen molar-refractivity contribution < 1.29 is 46.0 Å². The summed E-state index contributed by atoms with van der Waals surface area (Å²) in [5.41, 5.74) is 1.18. The Morgan fingerprint density at radius 3 is 2.17 bits per heavy atom. The van der Waals surface area contributed by atoms with E-state index < -0.39 is 27.6 Å². The van der Waals surface area contributed by atoms with E-state index in [9.17, 15) is 27.6 Å². The number of ether oxygens (including phenoxy) is 3. The molecule has 2 aliphatic heterocycles. The van der Waals surface area contributed by atoms with Crippen LogP contribution in [0.25, 0.3) is 0 Å². The number of carbonyl (C=O) groups is 4. The van der Waals surface area contributed by atoms with Gasteiger partial charge in [0.25, 0.3) is 10.1 Å². The Hall–Kier alpha value is -3.97. The quantitative estimate of drug-likeness (QED) is 0.120. The first-order valence-corrected chi connectivity index (χ1v) is 19.6. The summed E-state index contributed by atoms with van der Waals surface area (Å²) in [5.74, 6) is -0.265. The van der Waals surface area contributed by atoms with Crippen LogP contribution in [0.1, 0.15) is 89.2 Å². The number of benzene rings is 2. The minimum absolute atomic E-state index is 0.00122. The van der Waals surface area contributed by atoms with E-state index in [0.29, 0.717) is 50.7 Å². The van der Waals surface area contributed by atoms with Crippen molar-refractivity contribution in [3.8, 4) is 5.75 Å². The third kappa shape index (κ3) is 12.6. The van der Waals surface area contributed by atoms with Gasteiger partial charge in [0.05, 0.1) is 18.4 Å². The van der Waals surface area contributed by atoms with Crippen LogP contribution in [0, 0.1) is 18.8 Å². The highest BCUT2D eigenvalue weighted by molar-refractivity contribution is 7.86. The van der Waals surface area contributed by atoms with Gasteiger partial charge in [-0.2, -0.15) is 8.42 Å². The van der Waals surface area contributed by atoms with Gasteiger partial charge in [-0.15, -0.1) is 0 Å². The molecule has 4 rings (SSSR count). The summed E-state index contributed by atoms with van der Waals surface area (Å²) in [6, 6.07) is 13.4. The predicted octanol–water partition coefficient (Wildman–Crippen LogP) is 6.05. The van der Waals surface area contributed by atoms with E-state index in [2.05, 4.69) is 0 Å². The van der Waals surface area contributed by atoms with Gasteiger partial charge in [0.1, 0.15) is 30.3 Å². The zero-order chi connectivity index (χ0) is 37.9. The Morgan fingerprint density at radius 2 is 1.54 bits per heavy atom. The van der Waals surface area contributed by atoms with E-state index >= 15 is 0 Å². The Kier molecular flexibility index (Phi) is 14.7. The van der Waals surface area contributed by atoms with E-state index in [0.717, 1.165) is 36.8 Å². The van der Waals surface area contributed by atoms with Crippen LogP contribution in [-0.4, -0.2) is 94.1 Å². The molecule has 2 heterocycles. The Morgan fingerprint density at radius 1 is 0.865 bits per heavy atom. The number of Topliss-reactive ketones (excluding diaryl/α,β-unsaturated/α-hetero) is 1. The normalized spacial score (nSPS) is 17.7. The number of methoxy groups -OCH3 is 1. The van der Waals surface area contributed by atoms with Gasteiger partial charge in [0, 0.05) is 50.9 Å². The topological polar surface area (TPSA) is 146 Å². The van der Waals surface area contributed by atoms with Crippen LogP contribution in [-0.2, 0) is 38.2 Å². The maximum absolute atomic E-state index is 13.6. The molecule has 2 aromatic carbocycles. The van der Waals surface area contributed by atoms with Crippen molar-refractivity contribution in [2.45, 2.75) is 95.5 Å². The van der Waals surface area contributed by atoms with Gasteiger partial charge in [-0.25, -0.2) is 4.79 Å². The number of nitrogens with zero attached hydrogens (tertiary/aromatic N) is 2. The van der Waals surface area contributed by atoms with Crippen LogP contribution in [0.5, 0.6) is 5.75 Å². The van der Waals surface area contributed by atoms with Gasteiger partial charge in [0.2, 0.25) is 5.91 Å². The number of amides is 2. The lowest BCUT2D eigenvalue weighted by molar-refractivity contribution is -0.141. The fourth-order valence-electron chi connectivity index (χ4n) is 6.60. The van der Waals surface area contributed by atoms with E-state index in [-0.39, 0.29) is 54.7 Å². The third-order valence-electron chi connectivity index (χ3n) is 9.60. The number of carbonyl (C=O) groups excluding carboxylic acids is 4. The predicted molar refractivity (Wildman–Crippen MR) is 194 cm³/mol. The second-order valence-electron chi connectivity index (χ2n) is 14.8. The number of esters is 1.